The van der Waals surface area contributed by atoms with Gasteiger partial charge in [-0.1, -0.05) is 57.2 Å². The molecule has 0 bridgehead atoms. The summed E-state index contributed by atoms with van der Waals surface area (Å²) in [6.45, 7) is 10.6. The smallest absolute Gasteiger partial charge is 0.248 e. The van der Waals surface area contributed by atoms with Gasteiger partial charge < -0.3 is 4.90 Å². The lowest BCUT2D eigenvalue weighted by Gasteiger charge is -2.34. The van der Waals surface area contributed by atoms with E-state index in [9.17, 15) is 4.79 Å². The second-order valence-corrected chi connectivity index (χ2v) is 8.26. The highest BCUT2D eigenvalue weighted by molar-refractivity contribution is 6.30. The summed E-state index contributed by atoms with van der Waals surface area (Å²) in [6.07, 6.45) is 0. The van der Waals surface area contributed by atoms with Crippen LogP contribution in [0.25, 0.3) is 0 Å². The number of benzene rings is 2. The molecule has 25 heavy (non-hydrogen) atoms. The fraction of sp³-hybridized carbons (Fsp3) is 0.364. The first-order chi connectivity index (χ1) is 11.8. The molecule has 2 heterocycles. The third-order valence-electron chi connectivity index (χ3n) is 5.23. The van der Waals surface area contributed by atoms with Gasteiger partial charge in [0.1, 0.15) is 5.41 Å². The molecule has 1 amide bonds. The van der Waals surface area contributed by atoms with Crippen molar-refractivity contribution >= 4 is 23.0 Å². The number of hydrogen-bond acceptors (Lipinski definition) is 2. The molecule has 2 aromatic rings. The third-order valence-corrected chi connectivity index (χ3v) is 5.23. The van der Waals surface area contributed by atoms with E-state index < -0.39 is 5.41 Å². The Morgan fingerprint density at radius 1 is 0.960 bits per heavy atom. The van der Waals surface area contributed by atoms with E-state index in [1.54, 1.807) is 0 Å². The predicted molar refractivity (Wildman–Crippen MR) is 103 cm³/mol. The molecular formula is C22H24N2O. The van der Waals surface area contributed by atoms with E-state index in [1.807, 2.05) is 35.2 Å². The van der Waals surface area contributed by atoms with Gasteiger partial charge in [0.05, 0.1) is 5.69 Å². The maximum atomic E-state index is 13.9. The minimum absolute atomic E-state index is 0.0991. The standard InChI is InChI=1S/C22H24N2O/c1-14(2)24-18-13-9-7-11-16(18)22(20(24)25)15-10-6-8-12-17(15)23-19(22)21(3,4)5/h6-14H,1-5H3. The molecule has 128 valence electrons. The number of nitrogens with zero attached hydrogens (tertiary/aromatic N) is 2. The number of rotatable bonds is 1. The zero-order chi connectivity index (χ0) is 18.0. The summed E-state index contributed by atoms with van der Waals surface area (Å²) < 4.78 is 0. The Morgan fingerprint density at radius 3 is 2.20 bits per heavy atom. The van der Waals surface area contributed by atoms with E-state index in [-0.39, 0.29) is 17.4 Å². The molecular weight excluding hydrogens is 308 g/mol. The first-order valence-electron chi connectivity index (χ1n) is 8.92. The SMILES string of the molecule is CC(C)N1C(=O)C2(C(C(C)(C)C)=Nc3ccccc32)c2ccccc21. The normalized spacial score (nSPS) is 21.8. The summed E-state index contributed by atoms with van der Waals surface area (Å²) in [5, 5.41) is 0. The zero-order valence-corrected chi connectivity index (χ0v) is 15.5. The van der Waals surface area contributed by atoms with E-state index in [2.05, 4.69) is 52.8 Å². The van der Waals surface area contributed by atoms with Gasteiger partial charge in [-0.15, -0.1) is 0 Å². The molecule has 0 aromatic heterocycles. The Hall–Kier alpha value is -2.42. The predicted octanol–water partition coefficient (Wildman–Crippen LogP) is 4.86. The van der Waals surface area contributed by atoms with Gasteiger partial charge in [-0.25, -0.2) is 0 Å². The Morgan fingerprint density at radius 2 is 1.56 bits per heavy atom. The topological polar surface area (TPSA) is 32.7 Å². The van der Waals surface area contributed by atoms with Crippen LogP contribution in [0.3, 0.4) is 0 Å². The summed E-state index contributed by atoms with van der Waals surface area (Å²) in [4.78, 5) is 20.8. The Bertz CT molecular complexity index is 904. The fourth-order valence-corrected chi connectivity index (χ4v) is 4.36. The molecule has 1 atom stereocenters. The van der Waals surface area contributed by atoms with Crippen LogP contribution >= 0.6 is 0 Å². The summed E-state index contributed by atoms with van der Waals surface area (Å²) in [5.41, 5.74) is 3.94. The highest BCUT2D eigenvalue weighted by Crippen LogP contribution is 2.56. The van der Waals surface area contributed by atoms with Gasteiger partial charge in [0.2, 0.25) is 5.91 Å². The molecule has 0 saturated heterocycles. The van der Waals surface area contributed by atoms with Crippen LogP contribution in [0.15, 0.2) is 53.5 Å². The first kappa shape index (κ1) is 16.1. The minimum atomic E-state index is -0.796. The van der Waals surface area contributed by atoms with Gasteiger partial charge in [0, 0.05) is 34.0 Å². The van der Waals surface area contributed by atoms with Gasteiger partial charge >= 0.3 is 0 Å². The maximum Gasteiger partial charge on any atom is 0.248 e. The van der Waals surface area contributed by atoms with Crippen LogP contribution in [0.1, 0.15) is 45.7 Å². The number of para-hydroxylation sites is 2. The van der Waals surface area contributed by atoms with E-state index in [0.717, 1.165) is 28.2 Å². The van der Waals surface area contributed by atoms with Gasteiger partial charge in [-0.2, -0.15) is 0 Å². The van der Waals surface area contributed by atoms with Gasteiger partial charge in [-0.05, 0) is 26.0 Å². The lowest BCUT2D eigenvalue weighted by atomic mass is 9.66. The zero-order valence-electron chi connectivity index (χ0n) is 15.5. The van der Waals surface area contributed by atoms with Crippen molar-refractivity contribution in [2.75, 3.05) is 4.90 Å². The second kappa shape index (κ2) is 5.04. The molecule has 4 rings (SSSR count). The number of carbonyl (C=O) groups excluding carboxylic acids is 1. The van der Waals surface area contributed by atoms with Crippen molar-refractivity contribution in [2.24, 2.45) is 10.4 Å². The molecule has 0 radical (unpaired) electrons. The van der Waals surface area contributed by atoms with Crippen molar-refractivity contribution in [1.82, 2.24) is 0 Å². The average molecular weight is 332 g/mol. The molecule has 1 spiro atoms. The van der Waals surface area contributed by atoms with Crippen molar-refractivity contribution in [3.8, 4) is 0 Å². The van der Waals surface area contributed by atoms with Crippen LogP contribution in [0.2, 0.25) is 0 Å². The number of fused-ring (bicyclic) bond motifs is 4. The van der Waals surface area contributed by atoms with Crippen LogP contribution in [0, 0.1) is 5.41 Å². The number of carbonyl (C=O) groups is 1. The number of hydrogen-bond donors (Lipinski definition) is 0. The summed E-state index contributed by atoms with van der Waals surface area (Å²) >= 11 is 0. The molecule has 3 heteroatoms. The Balaban J connectivity index is 2.12. The van der Waals surface area contributed by atoms with Crippen molar-refractivity contribution in [2.45, 2.75) is 46.1 Å². The van der Waals surface area contributed by atoms with Gasteiger partial charge in [0.15, 0.2) is 0 Å². The highest BCUT2D eigenvalue weighted by atomic mass is 16.2. The average Bonchev–Trinajstić information content (AvgIpc) is 3.03. The van der Waals surface area contributed by atoms with Gasteiger partial charge in [-0.3, -0.25) is 9.79 Å². The summed E-state index contributed by atoms with van der Waals surface area (Å²) in [7, 11) is 0. The number of anilines is 1. The highest BCUT2D eigenvalue weighted by Gasteiger charge is 2.60. The fourth-order valence-electron chi connectivity index (χ4n) is 4.36. The second-order valence-electron chi connectivity index (χ2n) is 8.26. The largest absolute Gasteiger partial charge is 0.308 e. The lowest BCUT2D eigenvalue weighted by molar-refractivity contribution is -0.120. The monoisotopic (exact) mass is 332 g/mol. The quantitative estimate of drug-likeness (QED) is 0.734. The number of amides is 1. The molecule has 0 aliphatic carbocycles. The van der Waals surface area contributed by atoms with Crippen LogP contribution in [0.5, 0.6) is 0 Å². The van der Waals surface area contributed by atoms with Crippen molar-refractivity contribution in [3.05, 3.63) is 59.7 Å². The van der Waals surface area contributed by atoms with Crippen LogP contribution in [0.4, 0.5) is 11.4 Å². The maximum absolute atomic E-state index is 13.9. The summed E-state index contributed by atoms with van der Waals surface area (Å²) in [6, 6.07) is 16.4. The Kier molecular flexibility index (Phi) is 3.24. The molecule has 2 aromatic carbocycles. The van der Waals surface area contributed by atoms with Crippen LogP contribution in [-0.2, 0) is 10.2 Å². The molecule has 1 unspecified atom stereocenters. The Labute approximate surface area is 149 Å². The van der Waals surface area contributed by atoms with Crippen LogP contribution in [-0.4, -0.2) is 17.7 Å². The van der Waals surface area contributed by atoms with E-state index in [4.69, 9.17) is 4.99 Å². The van der Waals surface area contributed by atoms with Crippen LogP contribution < -0.4 is 4.90 Å². The van der Waals surface area contributed by atoms with Gasteiger partial charge in [0.25, 0.3) is 0 Å². The molecule has 0 fully saturated rings. The molecule has 3 nitrogen and oxygen atoms in total. The van der Waals surface area contributed by atoms with Crippen molar-refractivity contribution < 1.29 is 4.79 Å². The third kappa shape index (κ3) is 1.92. The lowest BCUT2D eigenvalue weighted by Crippen LogP contribution is -2.51. The molecule has 0 saturated carbocycles. The van der Waals surface area contributed by atoms with Crippen molar-refractivity contribution in [3.63, 3.8) is 0 Å². The van der Waals surface area contributed by atoms with E-state index >= 15 is 0 Å². The van der Waals surface area contributed by atoms with E-state index in [1.165, 1.54) is 0 Å². The van der Waals surface area contributed by atoms with E-state index in [0.29, 0.717) is 0 Å². The van der Waals surface area contributed by atoms with Crippen molar-refractivity contribution in [1.29, 1.82) is 0 Å². The molecule has 2 aliphatic rings. The molecule has 0 N–H and O–H groups in total. The summed E-state index contributed by atoms with van der Waals surface area (Å²) in [5.74, 6) is 0.127. The number of aliphatic imine (C=N–C) groups is 1. The minimum Gasteiger partial charge on any atom is -0.308 e. The first-order valence-corrected chi connectivity index (χ1v) is 8.92. The molecule has 2 aliphatic heterocycles.